The summed E-state index contributed by atoms with van der Waals surface area (Å²) in [7, 11) is 0. The van der Waals surface area contributed by atoms with Gasteiger partial charge in [-0.2, -0.15) is 5.10 Å². The van der Waals surface area contributed by atoms with Crippen LogP contribution in [0.2, 0.25) is 0 Å². The lowest BCUT2D eigenvalue weighted by Gasteiger charge is -2.16. The number of benzene rings is 2. The second-order valence-electron chi connectivity index (χ2n) is 6.39. The van der Waals surface area contributed by atoms with Gasteiger partial charge >= 0.3 is 5.69 Å². The van der Waals surface area contributed by atoms with Crippen molar-refractivity contribution in [3.63, 3.8) is 0 Å². The second-order valence-corrected chi connectivity index (χ2v) is 6.39. The molecule has 0 fully saturated rings. The zero-order chi connectivity index (χ0) is 19.8. The van der Waals surface area contributed by atoms with Crippen LogP contribution in [0, 0.1) is 18.2 Å². The van der Waals surface area contributed by atoms with Gasteiger partial charge in [-0.05, 0) is 24.6 Å². The van der Waals surface area contributed by atoms with Crippen molar-refractivity contribution >= 4 is 10.9 Å². The van der Waals surface area contributed by atoms with Crippen LogP contribution in [0.3, 0.4) is 0 Å². The molecule has 0 saturated carbocycles. The molecule has 2 N–H and O–H groups in total. The average Bonchev–Trinajstić information content (AvgIpc) is 3.10. The Morgan fingerprint density at radius 3 is 2.64 bits per heavy atom. The molecule has 0 radical (unpaired) electrons. The highest BCUT2D eigenvalue weighted by molar-refractivity contribution is 5.96. The van der Waals surface area contributed by atoms with E-state index in [-0.39, 0.29) is 17.2 Å². The third-order valence-electron chi connectivity index (χ3n) is 4.73. The number of terminal acetylenes is 1. The molecule has 6 nitrogen and oxygen atoms in total. The average molecular weight is 374 g/mol. The number of nitrogens with zero attached hydrogens (tertiary/aromatic N) is 2. The largest absolute Gasteiger partial charge is 0.328 e. The van der Waals surface area contributed by atoms with Crippen LogP contribution in [0.15, 0.2) is 58.3 Å². The van der Waals surface area contributed by atoms with Gasteiger partial charge < -0.3 is 0 Å². The van der Waals surface area contributed by atoms with Gasteiger partial charge in [0.05, 0.1) is 11.6 Å². The van der Waals surface area contributed by atoms with E-state index >= 15 is 0 Å². The molecule has 0 amide bonds. The first-order chi connectivity index (χ1) is 13.5. The lowest BCUT2D eigenvalue weighted by Crippen LogP contribution is -2.32. The number of H-pyrrole nitrogens is 2. The van der Waals surface area contributed by atoms with Gasteiger partial charge in [-0.25, -0.2) is 9.18 Å². The van der Waals surface area contributed by atoms with Crippen molar-refractivity contribution in [2.75, 3.05) is 0 Å². The molecule has 0 bridgehead atoms. The van der Waals surface area contributed by atoms with Crippen molar-refractivity contribution in [2.45, 2.75) is 13.0 Å². The summed E-state index contributed by atoms with van der Waals surface area (Å²) >= 11 is 0. The normalized spacial score (nSPS) is 12.0. The number of hydrogen-bond acceptors (Lipinski definition) is 3. The molecule has 0 aliphatic heterocycles. The van der Waals surface area contributed by atoms with Crippen LogP contribution >= 0.6 is 0 Å². The molecule has 7 heteroatoms. The van der Waals surface area contributed by atoms with E-state index in [0.29, 0.717) is 16.6 Å². The lowest BCUT2D eigenvalue weighted by molar-refractivity contribution is 0.595. The molecule has 4 rings (SSSR count). The first-order valence-corrected chi connectivity index (χ1v) is 8.54. The Hall–Kier alpha value is -3.92. The highest BCUT2D eigenvalue weighted by Gasteiger charge is 2.18. The van der Waals surface area contributed by atoms with Crippen LogP contribution in [0.1, 0.15) is 24.2 Å². The van der Waals surface area contributed by atoms with Gasteiger partial charge in [-0.1, -0.05) is 36.3 Å². The van der Waals surface area contributed by atoms with E-state index in [2.05, 4.69) is 21.1 Å². The Bertz CT molecular complexity index is 1340. The molecule has 28 heavy (non-hydrogen) atoms. The predicted octanol–water partition coefficient (Wildman–Crippen LogP) is 2.81. The number of hydrogen-bond donors (Lipinski definition) is 2. The molecular formula is C21H15FN4O2. The van der Waals surface area contributed by atoms with E-state index in [9.17, 15) is 14.0 Å². The fourth-order valence-corrected chi connectivity index (χ4v) is 3.25. The molecule has 1 atom stereocenters. The Labute approximate surface area is 158 Å². The van der Waals surface area contributed by atoms with Gasteiger partial charge in [0.1, 0.15) is 17.0 Å². The molecule has 0 unspecified atom stereocenters. The smallest absolute Gasteiger partial charge is 0.293 e. The number of aromatic nitrogens is 4. The summed E-state index contributed by atoms with van der Waals surface area (Å²) in [5, 5.41) is 7.18. The minimum absolute atomic E-state index is 0.127. The quantitative estimate of drug-likeness (QED) is 0.541. The Morgan fingerprint density at radius 1 is 1.18 bits per heavy atom. The Kier molecular flexibility index (Phi) is 4.17. The number of aromatic amines is 2. The second kappa shape index (κ2) is 6.67. The molecule has 2 aromatic carbocycles. The summed E-state index contributed by atoms with van der Waals surface area (Å²) in [6.45, 7) is 1.84. The van der Waals surface area contributed by atoms with Crippen molar-refractivity contribution in [3.05, 3.63) is 86.6 Å². The number of nitrogens with one attached hydrogen (secondary N) is 2. The monoisotopic (exact) mass is 374 g/mol. The SMILES string of the molecule is C#Cc1[nH]nc2c(-c3cn([C@@H](C)c4ccccc4)c(=O)[nH]c3=O)cc(F)cc12. The maximum absolute atomic E-state index is 14.2. The summed E-state index contributed by atoms with van der Waals surface area (Å²) in [5.74, 6) is 1.84. The summed E-state index contributed by atoms with van der Waals surface area (Å²) in [5.41, 5.74) is 0.768. The minimum Gasteiger partial charge on any atom is -0.293 e. The number of rotatable bonds is 3. The van der Waals surface area contributed by atoms with E-state index in [1.54, 1.807) is 0 Å². The number of halogens is 1. The van der Waals surface area contributed by atoms with Gasteiger partial charge in [-0.3, -0.25) is 19.4 Å². The topological polar surface area (TPSA) is 83.5 Å². The lowest BCUT2D eigenvalue weighted by atomic mass is 10.0. The van der Waals surface area contributed by atoms with Crippen molar-refractivity contribution in [1.82, 2.24) is 19.7 Å². The standard InChI is InChI=1S/C21H15FN4O2/c1-3-18-16-10-14(22)9-15(19(16)25-24-18)17-11-26(21(28)23-20(17)27)12(2)13-7-5-4-6-8-13/h1,4-12H,2H3,(H,24,25)(H,23,27,28)/t12-/m0/s1. The molecule has 0 spiro atoms. The number of fused-ring (bicyclic) bond motifs is 1. The third-order valence-corrected chi connectivity index (χ3v) is 4.73. The Balaban J connectivity index is 1.97. The zero-order valence-electron chi connectivity index (χ0n) is 14.9. The molecule has 0 aliphatic carbocycles. The minimum atomic E-state index is -0.626. The molecule has 2 heterocycles. The van der Waals surface area contributed by atoms with E-state index in [4.69, 9.17) is 6.42 Å². The first-order valence-electron chi connectivity index (χ1n) is 8.54. The fourth-order valence-electron chi connectivity index (χ4n) is 3.25. The van der Waals surface area contributed by atoms with Crippen molar-refractivity contribution < 1.29 is 4.39 Å². The fraction of sp³-hybridized carbons (Fsp3) is 0.0952. The van der Waals surface area contributed by atoms with E-state index < -0.39 is 17.1 Å². The van der Waals surface area contributed by atoms with Gasteiger partial charge in [-0.15, -0.1) is 6.42 Å². The first kappa shape index (κ1) is 17.5. The van der Waals surface area contributed by atoms with Crippen LogP contribution in [-0.2, 0) is 0 Å². The molecule has 138 valence electrons. The van der Waals surface area contributed by atoms with Crippen molar-refractivity contribution in [1.29, 1.82) is 0 Å². The summed E-state index contributed by atoms with van der Waals surface area (Å²) in [6, 6.07) is 11.5. The van der Waals surface area contributed by atoms with Gasteiger partial charge in [0.2, 0.25) is 0 Å². The highest BCUT2D eigenvalue weighted by Crippen LogP contribution is 2.28. The molecular weight excluding hydrogens is 359 g/mol. The maximum atomic E-state index is 14.2. The Morgan fingerprint density at radius 2 is 1.93 bits per heavy atom. The van der Waals surface area contributed by atoms with Crippen LogP contribution in [-0.4, -0.2) is 19.7 Å². The predicted molar refractivity (Wildman–Crippen MR) is 105 cm³/mol. The van der Waals surface area contributed by atoms with Gasteiger partial charge in [0.25, 0.3) is 5.56 Å². The van der Waals surface area contributed by atoms with Crippen molar-refractivity contribution in [3.8, 4) is 23.5 Å². The molecule has 0 saturated heterocycles. The summed E-state index contributed by atoms with van der Waals surface area (Å²) < 4.78 is 15.6. The van der Waals surface area contributed by atoms with E-state index in [0.717, 1.165) is 5.56 Å². The van der Waals surface area contributed by atoms with Crippen molar-refractivity contribution in [2.24, 2.45) is 0 Å². The zero-order valence-corrected chi connectivity index (χ0v) is 14.9. The van der Waals surface area contributed by atoms with Gasteiger partial charge in [0, 0.05) is 17.1 Å². The molecule has 4 aromatic rings. The summed E-state index contributed by atoms with van der Waals surface area (Å²) in [4.78, 5) is 27.2. The van der Waals surface area contributed by atoms with E-state index in [1.807, 2.05) is 37.3 Å². The van der Waals surface area contributed by atoms with Crippen LogP contribution in [0.25, 0.3) is 22.0 Å². The van der Waals surface area contributed by atoms with Gasteiger partial charge in [0.15, 0.2) is 0 Å². The van der Waals surface area contributed by atoms with Crippen LogP contribution < -0.4 is 11.2 Å². The van der Waals surface area contributed by atoms with E-state index in [1.165, 1.54) is 22.9 Å². The van der Waals surface area contributed by atoms with Crippen LogP contribution in [0.5, 0.6) is 0 Å². The maximum Gasteiger partial charge on any atom is 0.328 e. The highest BCUT2D eigenvalue weighted by atomic mass is 19.1. The molecule has 0 aliphatic rings. The summed E-state index contributed by atoms with van der Waals surface area (Å²) in [6.07, 6.45) is 6.85. The third kappa shape index (κ3) is 2.81. The molecule has 2 aromatic heterocycles. The van der Waals surface area contributed by atoms with Crippen LogP contribution in [0.4, 0.5) is 4.39 Å².